The van der Waals surface area contributed by atoms with Gasteiger partial charge in [-0.2, -0.15) is 5.43 Å². The van der Waals surface area contributed by atoms with E-state index in [0.717, 1.165) is 4.47 Å². The molecule has 7 heteroatoms. The molecule has 1 aliphatic heterocycles. The molecule has 1 fully saturated rings. The minimum Gasteiger partial charge on any atom is -0.463 e. The normalized spacial score (nSPS) is 18.7. The number of carbonyl (C=O) groups excluding carboxylic acids is 2. The predicted molar refractivity (Wildman–Crippen MR) is 68.7 cm³/mol. The van der Waals surface area contributed by atoms with Gasteiger partial charge in [0.2, 0.25) is 0 Å². The van der Waals surface area contributed by atoms with E-state index in [0.29, 0.717) is 5.69 Å². The van der Waals surface area contributed by atoms with E-state index in [4.69, 9.17) is 4.74 Å². The summed E-state index contributed by atoms with van der Waals surface area (Å²) < 4.78 is 5.74. The number of halogens is 1. The first kappa shape index (κ1) is 12.8. The van der Waals surface area contributed by atoms with Crippen molar-refractivity contribution in [1.82, 2.24) is 10.7 Å². The van der Waals surface area contributed by atoms with Crippen molar-refractivity contribution >= 4 is 33.6 Å². The Morgan fingerprint density at radius 2 is 2.11 bits per heavy atom. The molecule has 0 saturated carbocycles. The van der Waals surface area contributed by atoms with Gasteiger partial charge < -0.3 is 10.1 Å². The highest BCUT2D eigenvalue weighted by molar-refractivity contribution is 9.10. The lowest BCUT2D eigenvalue weighted by atomic mass is 10.3. The lowest BCUT2D eigenvalue weighted by molar-refractivity contribution is -0.145. The van der Waals surface area contributed by atoms with Gasteiger partial charge >= 0.3 is 12.0 Å². The molecule has 0 spiro atoms. The number of amides is 2. The van der Waals surface area contributed by atoms with Crippen LogP contribution in [0.2, 0.25) is 0 Å². The molecule has 2 rings (SSSR count). The van der Waals surface area contributed by atoms with Gasteiger partial charge in [0.05, 0.1) is 12.3 Å². The van der Waals surface area contributed by atoms with Gasteiger partial charge in [0, 0.05) is 4.47 Å². The number of hydrogen-bond acceptors (Lipinski definition) is 4. The Balaban J connectivity index is 2.10. The van der Waals surface area contributed by atoms with Crippen LogP contribution in [0.5, 0.6) is 0 Å². The summed E-state index contributed by atoms with van der Waals surface area (Å²) in [5.41, 5.74) is 3.39. The number of urea groups is 1. The molecule has 1 aliphatic rings. The highest BCUT2D eigenvalue weighted by Gasteiger charge is 2.34. The van der Waals surface area contributed by atoms with Crippen LogP contribution in [0.3, 0.4) is 0 Å². The molecule has 0 bridgehead atoms. The summed E-state index contributed by atoms with van der Waals surface area (Å²) in [5.74, 6) is -0.509. The second-order valence-corrected chi connectivity index (χ2v) is 4.49. The van der Waals surface area contributed by atoms with Crippen molar-refractivity contribution in [2.75, 3.05) is 11.6 Å². The van der Waals surface area contributed by atoms with Gasteiger partial charge in [0.1, 0.15) is 0 Å². The quantitative estimate of drug-likeness (QED) is 0.827. The van der Waals surface area contributed by atoms with E-state index in [9.17, 15) is 9.59 Å². The number of hydrogen-bond donors (Lipinski definition) is 2. The van der Waals surface area contributed by atoms with Gasteiger partial charge in [-0.1, -0.05) is 15.9 Å². The molecule has 1 unspecified atom stereocenters. The number of ether oxygens (including phenoxy) is 1. The number of rotatable bonds is 3. The highest BCUT2D eigenvalue weighted by atomic mass is 79.9. The van der Waals surface area contributed by atoms with E-state index < -0.39 is 18.2 Å². The Bertz CT molecular complexity index is 463. The molecule has 18 heavy (non-hydrogen) atoms. The van der Waals surface area contributed by atoms with E-state index in [2.05, 4.69) is 26.7 Å². The fraction of sp³-hybridized carbons (Fsp3) is 0.273. The van der Waals surface area contributed by atoms with Crippen molar-refractivity contribution in [2.45, 2.75) is 13.1 Å². The molecule has 2 N–H and O–H groups in total. The molecule has 0 radical (unpaired) electrons. The van der Waals surface area contributed by atoms with Crippen molar-refractivity contribution < 1.29 is 14.3 Å². The largest absolute Gasteiger partial charge is 0.463 e. The van der Waals surface area contributed by atoms with Crippen LogP contribution in [0, 0.1) is 0 Å². The Morgan fingerprint density at radius 1 is 1.44 bits per heavy atom. The van der Waals surface area contributed by atoms with Gasteiger partial charge in [-0.3, -0.25) is 0 Å². The second kappa shape index (κ2) is 5.36. The fourth-order valence-corrected chi connectivity index (χ4v) is 1.79. The molecule has 0 aromatic heterocycles. The summed E-state index contributed by atoms with van der Waals surface area (Å²) in [6.07, 6.45) is -0.846. The summed E-state index contributed by atoms with van der Waals surface area (Å²) >= 11 is 3.31. The molecule has 1 aromatic carbocycles. The van der Waals surface area contributed by atoms with Crippen molar-refractivity contribution in [3.63, 3.8) is 0 Å². The Morgan fingerprint density at radius 3 is 2.72 bits per heavy atom. The minimum atomic E-state index is -0.846. The maximum atomic E-state index is 11.7. The van der Waals surface area contributed by atoms with Crippen molar-refractivity contribution in [1.29, 1.82) is 0 Å². The van der Waals surface area contributed by atoms with E-state index >= 15 is 0 Å². The molecular weight excluding hydrogens is 302 g/mol. The van der Waals surface area contributed by atoms with Crippen LogP contribution in [0.15, 0.2) is 28.7 Å². The first-order chi connectivity index (χ1) is 8.61. The van der Waals surface area contributed by atoms with E-state index in [1.807, 2.05) is 12.1 Å². The molecule has 2 amide bonds. The summed E-state index contributed by atoms with van der Waals surface area (Å²) in [6.45, 7) is 1.98. The minimum absolute atomic E-state index is 0.269. The zero-order valence-electron chi connectivity index (χ0n) is 9.64. The van der Waals surface area contributed by atoms with Crippen LogP contribution in [0.4, 0.5) is 10.5 Å². The average molecular weight is 314 g/mol. The monoisotopic (exact) mass is 313 g/mol. The van der Waals surface area contributed by atoms with Gasteiger partial charge in [-0.25, -0.2) is 14.6 Å². The topological polar surface area (TPSA) is 70.7 Å². The number of carbonyl (C=O) groups is 2. The number of nitrogens with one attached hydrogen (secondary N) is 2. The molecule has 6 nitrogen and oxygen atoms in total. The Hall–Kier alpha value is -1.60. The van der Waals surface area contributed by atoms with Crippen LogP contribution >= 0.6 is 15.9 Å². The fourth-order valence-electron chi connectivity index (χ4n) is 1.53. The Labute approximate surface area is 112 Å². The predicted octanol–water partition coefficient (Wildman–Crippen LogP) is 1.37. The van der Waals surface area contributed by atoms with Gasteiger partial charge in [0.25, 0.3) is 0 Å². The molecule has 1 aromatic rings. The van der Waals surface area contributed by atoms with Gasteiger partial charge in [-0.15, -0.1) is 0 Å². The van der Waals surface area contributed by atoms with E-state index in [1.54, 1.807) is 19.1 Å². The molecule has 1 saturated heterocycles. The highest BCUT2D eigenvalue weighted by Crippen LogP contribution is 2.19. The van der Waals surface area contributed by atoms with Crippen LogP contribution < -0.4 is 15.8 Å². The maximum Gasteiger partial charge on any atom is 0.345 e. The molecule has 96 valence electrons. The third-order valence-corrected chi connectivity index (χ3v) is 2.86. The zero-order valence-corrected chi connectivity index (χ0v) is 11.2. The summed E-state index contributed by atoms with van der Waals surface area (Å²) in [6, 6.07) is 6.73. The van der Waals surface area contributed by atoms with Crippen molar-refractivity contribution in [2.24, 2.45) is 0 Å². The first-order valence-corrected chi connectivity index (χ1v) is 6.20. The van der Waals surface area contributed by atoms with Crippen LogP contribution in [0.25, 0.3) is 0 Å². The third-order valence-electron chi connectivity index (χ3n) is 2.34. The first-order valence-electron chi connectivity index (χ1n) is 5.41. The van der Waals surface area contributed by atoms with Crippen LogP contribution in [0.1, 0.15) is 6.92 Å². The maximum absolute atomic E-state index is 11.7. The molecular formula is C11H12BrN3O3. The number of esters is 1. The third kappa shape index (κ3) is 2.62. The number of nitrogens with zero attached hydrogens (tertiary/aromatic N) is 1. The number of anilines is 1. The lowest BCUT2D eigenvalue weighted by Crippen LogP contribution is -2.43. The molecule has 1 atom stereocenters. The number of benzene rings is 1. The second-order valence-electron chi connectivity index (χ2n) is 3.58. The van der Waals surface area contributed by atoms with Gasteiger partial charge in [-0.05, 0) is 31.2 Å². The van der Waals surface area contributed by atoms with E-state index in [-0.39, 0.29) is 6.61 Å². The lowest BCUT2D eigenvalue weighted by Gasteiger charge is -2.15. The summed E-state index contributed by atoms with van der Waals surface area (Å²) in [7, 11) is 0. The van der Waals surface area contributed by atoms with Crippen molar-refractivity contribution in [3.05, 3.63) is 28.7 Å². The number of hydrazine groups is 1. The summed E-state index contributed by atoms with van der Waals surface area (Å²) in [4.78, 5) is 23.2. The van der Waals surface area contributed by atoms with Crippen LogP contribution in [-0.2, 0) is 9.53 Å². The standard InChI is InChI=1S/C11H12BrN3O3/c1-2-18-10(16)9-13-11(17)15(14-9)8-5-3-7(12)4-6-8/h3-6,9,14H,2H2,1H3,(H,13,17). The SMILES string of the molecule is CCOC(=O)C1NC(=O)N(c2ccc(Br)cc2)N1. The summed E-state index contributed by atoms with van der Waals surface area (Å²) in [5, 5.41) is 3.76. The van der Waals surface area contributed by atoms with Gasteiger partial charge in [0.15, 0.2) is 6.17 Å². The van der Waals surface area contributed by atoms with E-state index in [1.165, 1.54) is 5.01 Å². The molecule has 0 aliphatic carbocycles. The zero-order chi connectivity index (χ0) is 13.1. The average Bonchev–Trinajstić information content (AvgIpc) is 2.73. The van der Waals surface area contributed by atoms with Crippen LogP contribution in [-0.4, -0.2) is 24.8 Å². The smallest absolute Gasteiger partial charge is 0.345 e. The molecule has 1 heterocycles. The Kier molecular flexibility index (Phi) is 3.83. The van der Waals surface area contributed by atoms with Crippen molar-refractivity contribution in [3.8, 4) is 0 Å².